The molecular weight excluding hydrogens is 456 g/mol. The lowest BCUT2D eigenvalue weighted by Gasteiger charge is -2.31. The van der Waals surface area contributed by atoms with Crippen LogP contribution in [-0.4, -0.2) is 69.9 Å². The van der Waals surface area contributed by atoms with Crippen molar-refractivity contribution in [2.75, 3.05) is 26.2 Å². The molecule has 6 rings (SSSR count). The maximum atomic E-state index is 13.1. The Morgan fingerprint density at radius 1 is 0.944 bits per heavy atom. The number of benzene rings is 1. The molecule has 3 fully saturated rings. The molecule has 0 aliphatic carbocycles. The van der Waals surface area contributed by atoms with Gasteiger partial charge in [-0.15, -0.1) is 0 Å². The Labute approximate surface area is 211 Å². The molecule has 1 atom stereocenters. The summed E-state index contributed by atoms with van der Waals surface area (Å²) in [6, 6.07) is 7.86. The number of likely N-dealkylation sites (tertiary alicyclic amines) is 1. The Morgan fingerprint density at radius 2 is 1.75 bits per heavy atom. The van der Waals surface area contributed by atoms with E-state index in [9.17, 15) is 14.4 Å². The molecule has 4 aliphatic rings. The van der Waals surface area contributed by atoms with Crippen molar-refractivity contribution in [3.05, 3.63) is 52.3 Å². The number of aromatic amines is 1. The number of piperidine rings is 3. The van der Waals surface area contributed by atoms with Gasteiger partial charge in [-0.05, 0) is 81.5 Å². The van der Waals surface area contributed by atoms with E-state index in [2.05, 4.69) is 37.9 Å². The number of nitrogens with zero attached hydrogens (tertiary/aromatic N) is 3. The second-order valence-corrected chi connectivity index (χ2v) is 10.7. The minimum Gasteiger partial charge on any atom is -0.322 e. The third-order valence-corrected chi connectivity index (χ3v) is 8.40. The van der Waals surface area contributed by atoms with Gasteiger partial charge >= 0.3 is 0 Å². The number of nitrogens with one attached hydrogen (secondary N) is 3. The van der Waals surface area contributed by atoms with Crippen LogP contribution in [0.3, 0.4) is 0 Å². The van der Waals surface area contributed by atoms with Crippen LogP contribution in [0.2, 0.25) is 0 Å². The van der Waals surface area contributed by atoms with Crippen LogP contribution in [0, 0.1) is 0 Å². The maximum absolute atomic E-state index is 13.1. The summed E-state index contributed by atoms with van der Waals surface area (Å²) in [6.07, 6.45) is 5.19. The van der Waals surface area contributed by atoms with Crippen LogP contribution in [0.15, 0.2) is 24.3 Å². The first kappa shape index (κ1) is 23.4. The highest BCUT2D eigenvalue weighted by Gasteiger charge is 2.39. The molecule has 4 aliphatic heterocycles. The molecule has 1 unspecified atom stereocenters. The molecule has 0 spiro atoms. The number of fused-ring (bicyclic) bond motifs is 1. The average molecular weight is 491 g/mol. The molecular formula is C27H34N6O3. The maximum Gasteiger partial charge on any atom is 0.255 e. The predicted octanol–water partition coefficient (Wildman–Crippen LogP) is 2.02. The second kappa shape index (κ2) is 9.78. The van der Waals surface area contributed by atoms with Gasteiger partial charge in [0, 0.05) is 42.6 Å². The summed E-state index contributed by atoms with van der Waals surface area (Å²) in [5.41, 5.74) is 5.27. The topological polar surface area (TPSA) is 110 Å². The number of imide groups is 1. The van der Waals surface area contributed by atoms with Gasteiger partial charge in [-0.25, -0.2) is 0 Å². The lowest BCUT2D eigenvalue weighted by molar-refractivity contribution is -0.136. The van der Waals surface area contributed by atoms with E-state index in [4.69, 9.17) is 0 Å². The van der Waals surface area contributed by atoms with Crippen molar-refractivity contribution in [3.8, 4) is 0 Å². The standard InChI is InChI=1S/C27H34N6O3/c34-25-4-3-24(26(35)29-25)33-16-20-2-1-17(13-21(20)27(33)36)15-32-11-7-19(8-12-32)23-14-22(30-31-23)18-5-9-28-10-6-18/h1-2,13-14,18-19,24,28H,3-12,15-16H2,(H,30,31)(H,29,34,35). The minimum atomic E-state index is -0.567. The van der Waals surface area contributed by atoms with Crippen LogP contribution >= 0.6 is 0 Å². The van der Waals surface area contributed by atoms with E-state index in [-0.39, 0.29) is 24.1 Å². The Bertz CT molecular complexity index is 1160. The molecule has 1 aromatic heterocycles. The summed E-state index contributed by atoms with van der Waals surface area (Å²) < 4.78 is 0. The van der Waals surface area contributed by atoms with Gasteiger partial charge in [-0.1, -0.05) is 12.1 Å². The fraction of sp³-hybridized carbons (Fsp3) is 0.556. The number of hydrogen-bond donors (Lipinski definition) is 3. The van der Waals surface area contributed by atoms with Gasteiger partial charge in [0.25, 0.3) is 5.91 Å². The van der Waals surface area contributed by atoms with Crippen LogP contribution < -0.4 is 10.6 Å². The van der Waals surface area contributed by atoms with Crippen LogP contribution in [0.1, 0.15) is 83.2 Å². The first-order valence-corrected chi connectivity index (χ1v) is 13.3. The highest BCUT2D eigenvalue weighted by Crippen LogP contribution is 2.32. The van der Waals surface area contributed by atoms with Gasteiger partial charge in [0.1, 0.15) is 6.04 Å². The van der Waals surface area contributed by atoms with Crippen molar-refractivity contribution < 1.29 is 14.4 Å². The van der Waals surface area contributed by atoms with Crippen LogP contribution in [-0.2, 0) is 22.7 Å². The molecule has 2 aromatic rings. The van der Waals surface area contributed by atoms with E-state index >= 15 is 0 Å². The molecule has 36 heavy (non-hydrogen) atoms. The molecule has 0 radical (unpaired) electrons. The van der Waals surface area contributed by atoms with Crippen molar-refractivity contribution in [2.24, 2.45) is 0 Å². The molecule has 3 N–H and O–H groups in total. The van der Waals surface area contributed by atoms with E-state index in [0.717, 1.165) is 69.5 Å². The summed E-state index contributed by atoms with van der Waals surface area (Å²) in [4.78, 5) is 41.0. The van der Waals surface area contributed by atoms with Gasteiger partial charge in [-0.3, -0.25) is 29.7 Å². The number of aromatic nitrogens is 2. The van der Waals surface area contributed by atoms with Crippen LogP contribution in [0.4, 0.5) is 0 Å². The Kier molecular flexibility index (Phi) is 6.35. The summed E-state index contributed by atoms with van der Waals surface area (Å²) in [5, 5.41) is 13.8. The lowest BCUT2D eigenvalue weighted by Crippen LogP contribution is -2.52. The minimum absolute atomic E-state index is 0.108. The van der Waals surface area contributed by atoms with Crippen LogP contribution in [0.5, 0.6) is 0 Å². The smallest absolute Gasteiger partial charge is 0.255 e. The lowest BCUT2D eigenvalue weighted by atomic mass is 9.90. The highest BCUT2D eigenvalue weighted by molar-refractivity contribution is 6.05. The summed E-state index contributed by atoms with van der Waals surface area (Å²) >= 11 is 0. The second-order valence-electron chi connectivity index (χ2n) is 10.7. The van der Waals surface area contributed by atoms with E-state index in [1.54, 1.807) is 4.90 Å². The van der Waals surface area contributed by atoms with E-state index in [1.807, 2.05) is 12.1 Å². The number of amides is 3. The summed E-state index contributed by atoms with van der Waals surface area (Å²) in [5.74, 6) is 0.360. The van der Waals surface area contributed by atoms with Crippen molar-refractivity contribution in [2.45, 2.75) is 69.5 Å². The Balaban J connectivity index is 1.05. The zero-order chi connectivity index (χ0) is 24.6. The molecule has 0 bridgehead atoms. The van der Waals surface area contributed by atoms with Crippen LogP contribution in [0.25, 0.3) is 0 Å². The fourth-order valence-electron chi connectivity index (χ4n) is 6.25. The number of rotatable bonds is 5. The summed E-state index contributed by atoms with van der Waals surface area (Å²) in [7, 11) is 0. The van der Waals surface area contributed by atoms with E-state index in [1.165, 1.54) is 11.4 Å². The largest absolute Gasteiger partial charge is 0.322 e. The van der Waals surface area contributed by atoms with Gasteiger partial charge in [0.05, 0.1) is 5.69 Å². The van der Waals surface area contributed by atoms with Gasteiger partial charge in [0.15, 0.2) is 0 Å². The molecule has 190 valence electrons. The summed E-state index contributed by atoms with van der Waals surface area (Å²) in [6.45, 7) is 5.42. The van der Waals surface area contributed by atoms with Crippen molar-refractivity contribution in [1.82, 2.24) is 30.6 Å². The van der Waals surface area contributed by atoms with E-state index < -0.39 is 6.04 Å². The van der Waals surface area contributed by atoms with Crippen molar-refractivity contribution >= 4 is 17.7 Å². The molecule has 1 aromatic carbocycles. The Morgan fingerprint density at radius 3 is 2.53 bits per heavy atom. The molecule has 9 nitrogen and oxygen atoms in total. The zero-order valence-corrected chi connectivity index (χ0v) is 20.6. The highest BCUT2D eigenvalue weighted by atomic mass is 16.2. The van der Waals surface area contributed by atoms with Crippen molar-refractivity contribution in [3.63, 3.8) is 0 Å². The first-order chi connectivity index (χ1) is 17.5. The number of carbonyl (C=O) groups is 3. The molecule has 5 heterocycles. The third kappa shape index (κ3) is 4.57. The van der Waals surface area contributed by atoms with Gasteiger partial charge in [0.2, 0.25) is 11.8 Å². The average Bonchev–Trinajstić information content (AvgIpc) is 3.51. The number of H-pyrrole nitrogens is 1. The Hall–Kier alpha value is -3.04. The monoisotopic (exact) mass is 490 g/mol. The molecule has 0 saturated carbocycles. The zero-order valence-electron chi connectivity index (χ0n) is 20.6. The predicted molar refractivity (Wildman–Crippen MR) is 133 cm³/mol. The van der Waals surface area contributed by atoms with Gasteiger partial charge in [-0.2, -0.15) is 5.10 Å². The van der Waals surface area contributed by atoms with E-state index in [0.29, 0.717) is 30.4 Å². The third-order valence-electron chi connectivity index (χ3n) is 8.40. The normalized spacial score (nSPS) is 24.3. The van der Waals surface area contributed by atoms with Gasteiger partial charge < -0.3 is 10.2 Å². The number of hydrogen-bond acceptors (Lipinski definition) is 6. The quantitative estimate of drug-likeness (QED) is 0.553. The fourth-order valence-corrected chi connectivity index (χ4v) is 6.25. The van der Waals surface area contributed by atoms with Crippen molar-refractivity contribution in [1.29, 1.82) is 0 Å². The first-order valence-electron chi connectivity index (χ1n) is 13.3. The molecule has 9 heteroatoms. The number of carbonyl (C=O) groups excluding carboxylic acids is 3. The molecule has 3 saturated heterocycles. The SMILES string of the molecule is O=C1CCC(N2Cc3ccc(CN4CCC(c5cc(C6CCNCC6)n[nH]5)CC4)cc3C2=O)C(=O)N1. The molecule has 3 amide bonds.